The highest BCUT2D eigenvalue weighted by Crippen LogP contribution is 2.13. The summed E-state index contributed by atoms with van der Waals surface area (Å²) in [5.41, 5.74) is 3.30. The Morgan fingerprint density at radius 1 is 1.00 bits per heavy atom. The third-order valence-corrected chi connectivity index (χ3v) is 4.21. The molecule has 2 aromatic heterocycles. The Morgan fingerprint density at radius 2 is 1.77 bits per heavy atom. The first-order valence-electron chi connectivity index (χ1n) is 8.67. The summed E-state index contributed by atoms with van der Waals surface area (Å²) >= 11 is 0. The van der Waals surface area contributed by atoms with Gasteiger partial charge < -0.3 is 4.90 Å². The molecule has 0 spiro atoms. The molecule has 26 heavy (non-hydrogen) atoms. The van der Waals surface area contributed by atoms with E-state index in [0.29, 0.717) is 30.2 Å². The summed E-state index contributed by atoms with van der Waals surface area (Å²) < 4.78 is 0. The molecule has 0 saturated heterocycles. The first-order valence-corrected chi connectivity index (χ1v) is 8.67. The van der Waals surface area contributed by atoms with Gasteiger partial charge in [0.05, 0.1) is 23.5 Å². The van der Waals surface area contributed by atoms with Crippen molar-refractivity contribution in [2.45, 2.75) is 26.8 Å². The van der Waals surface area contributed by atoms with E-state index in [9.17, 15) is 4.79 Å². The monoisotopic (exact) mass is 346 g/mol. The van der Waals surface area contributed by atoms with Crippen molar-refractivity contribution < 1.29 is 4.79 Å². The summed E-state index contributed by atoms with van der Waals surface area (Å²) in [4.78, 5) is 27.8. The molecule has 0 aliphatic carbocycles. The predicted octanol–water partition coefficient (Wildman–Crippen LogP) is 3.37. The van der Waals surface area contributed by atoms with Crippen LogP contribution in [0.2, 0.25) is 0 Å². The van der Waals surface area contributed by atoms with Gasteiger partial charge in [-0.05, 0) is 38.0 Å². The minimum absolute atomic E-state index is 0.0657. The number of carbonyl (C=O) groups excluding carboxylic acids is 1. The van der Waals surface area contributed by atoms with Crippen molar-refractivity contribution in [2.75, 3.05) is 6.54 Å². The van der Waals surface area contributed by atoms with Crippen molar-refractivity contribution in [3.63, 3.8) is 0 Å². The second-order valence-electron chi connectivity index (χ2n) is 6.20. The van der Waals surface area contributed by atoms with Gasteiger partial charge in [0.15, 0.2) is 0 Å². The van der Waals surface area contributed by atoms with Gasteiger partial charge in [-0.1, -0.05) is 36.4 Å². The fraction of sp³-hybridized carbons (Fsp3) is 0.238. The van der Waals surface area contributed by atoms with Crippen LogP contribution in [0.5, 0.6) is 0 Å². The van der Waals surface area contributed by atoms with Gasteiger partial charge in [-0.25, -0.2) is 9.97 Å². The van der Waals surface area contributed by atoms with Crippen LogP contribution in [0.4, 0.5) is 0 Å². The Morgan fingerprint density at radius 3 is 2.46 bits per heavy atom. The van der Waals surface area contributed by atoms with E-state index in [1.807, 2.05) is 55.1 Å². The van der Waals surface area contributed by atoms with E-state index in [1.54, 1.807) is 12.4 Å². The summed E-state index contributed by atoms with van der Waals surface area (Å²) in [7, 11) is 0. The number of hydrogen-bond donors (Lipinski definition) is 0. The van der Waals surface area contributed by atoms with E-state index in [-0.39, 0.29) is 5.91 Å². The van der Waals surface area contributed by atoms with Gasteiger partial charge in [-0.3, -0.25) is 9.78 Å². The van der Waals surface area contributed by atoms with Gasteiger partial charge in [0.25, 0.3) is 5.91 Å². The lowest BCUT2D eigenvalue weighted by Gasteiger charge is -2.23. The number of carbonyl (C=O) groups is 1. The summed E-state index contributed by atoms with van der Waals surface area (Å²) in [6.07, 6.45) is 4.15. The van der Waals surface area contributed by atoms with Crippen molar-refractivity contribution in [1.82, 2.24) is 19.9 Å². The molecule has 0 radical (unpaired) electrons. The smallest absolute Gasteiger partial charge is 0.257 e. The number of rotatable bonds is 6. The van der Waals surface area contributed by atoms with Gasteiger partial charge >= 0.3 is 0 Å². The fourth-order valence-corrected chi connectivity index (χ4v) is 2.81. The Bertz CT molecular complexity index is 866. The number of nitrogens with zero attached hydrogens (tertiary/aromatic N) is 4. The molecule has 0 aliphatic rings. The van der Waals surface area contributed by atoms with Crippen LogP contribution < -0.4 is 0 Å². The van der Waals surface area contributed by atoms with Gasteiger partial charge in [-0.15, -0.1) is 0 Å². The zero-order valence-electron chi connectivity index (χ0n) is 15.1. The molecule has 5 nitrogen and oxygen atoms in total. The molecular weight excluding hydrogens is 324 g/mol. The molecule has 0 unspecified atom stereocenters. The van der Waals surface area contributed by atoms with Crippen LogP contribution in [0, 0.1) is 13.8 Å². The number of aryl methyl sites for hydroxylation is 2. The number of aromatic nitrogens is 3. The van der Waals surface area contributed by atoms with E-state index < -0.39 is 0 Å². The van der Waals surface area contributed by atoms with Gasteiger partial charge in [0, 0.05) is 18.9 Å². The highest BCUT2D eigenvalue weighted by atomic mass is 16.2. The number of pyridine rings is 1. The maximum atomic E-state index is 13.1. The molecule has 132 valence electrons. The van der Waals surface area contributed by atoms with Crippen molar-refractivity contribution >= 4 is 5.91 Å². The molecule has 0 fully saturated rings. The Labute approximate surface area is 153 Å². The van der Waals surface area contributed by atoms with E-state index >= 15 is 0 Å². The first kappa shape index (κ1) is 17.7. The average molecular weight is 346 g/mol. The van der Waals surface area contributed by atoms with E-state index in [2.05, 4.69) is 27.1 Å². The molecule has 0 saturated carbocycles. The molecule has 3 aromatic rings. The van der Waals surface area contributed by atoms with Crippen LogP contribution in [0.3, 0.4) is 0 Å². The SMILES string of the molecule is Cc1ncc(C(=O)N(CCc2ccccc2)Cc2ccccn2)c(C)n1. The second-order valence-corrected chi connectivity index (χ2v) is 6.20. The highest BCUT2D eigenvalue weighted by Gasteiger charge is 2.19. The van der Waals surface area contributed by atoms with Crippen LogP contribution in [-0.4, -0.2) is 32.3 Å². The lowest BCUT2D eigenvalue weighted by molar-refractivity contribution is 0.0741. The fourth-order valence-electron chi connectivity index (χ4n) is 2.81. The zero-order chi connectivity index (χ0) is 18.4. The van der Waals surface area contributed by atoms with Crippen molar-refractivity contribution in [3.05, 3.63) is 89.3 Å². The summed E-state index contributed by atoms with van der Waals surface area (Å²) in [5, 5.41) is 0. The number of benzene rings is 1. The topological polar surface area (TPSA) is 59.0 Å². The highest BCUT2D eigenvalue weighted by molar-refractivity contribution is 5.94. The minimum atomic E-state index is -0.0657. The predicted molar refractivity (Wildman–Crippen MR) is 101 cm³/mol. The van der Waals surface area contributed by atoms with Crippen LogP contribution in [0.1, 0.15) is 33.1 Å². The minimum Gasteiger partial charge on any atom is -0.332 e. The number of hydrogen-bond acceptors (Lipinski definition) is 4. The van der Waals surface area contributed by atoms with Crippen LogP contribution in [0.15, 0.2) is 60.9 Å². The molecule has 0 bridgehead atoms. The zero-order valence-corrected chi connectivity index (χ0v) is 15.1. The summed E-state index contributed by atoms with van der Waals surface area (Å²) in [5.74, 6) is 0.601. The largest absolute Gasteiger partial charge is 0.332 e. The number of amides is 1. The van der Waals surface area contributed by atoms with Crippen molar-refractivity contribution in [3.8, 4) is 0 Å². The third-order valence-electron chi connectivity index (χ3n) is 4.21. The summed E-state index contributed by atoms with van der Waals surface area (Å²) in [6.45, 7) is 4.73. The van der Waals surface area contributed by atoms with E-state index in [1.165, 1.54) is 5.56 Å². The normalized spacial score (nSPS) is 10.5. The lowest BCUT2D eigenvalue weighted by Crippen LogP contribution is -2.33. The van der Waals surface area contributed by atoms with Crippen LogP contribution in [0.25, 0.3) is 0 Å². The summed E-state index contributed by atoms with van der Waals surface area (Å²) in [6, 6.07) is 15.9. The Hall–Kier alpha value is -3.08. The first-order chi connectivity index (χ1) is 12.6. The quantitative estimate of drug-likeness (QED) is 0.686. The Balaban J connectivity index is 1.82. The molecule has 5 heteroatoms. The van der Waals surface area contributed by atoms with Gasteiger partial charge in [-0.2, -0.15) is 0 Å². The molecule has 0 N–H and O–H groups in total. The molecule has 1 amide bonds. The van der Waals surface area contributed by atoms with Crippen LogP contribution >= 0.6 is 0 Å². The average Bonchev–Trinajstić information content (AvgIpc) is 2.66. The maximum absolute atomic E-state index is 13.1. The van der Waals surface area contributed by atoms with E-state index in [0.717, 1.165) is 12.1 Å². The molecule has 3 rings (SSSR count). The van der Waals surface area contributed by atoms with E-state index in [4.69, 9.17) is 0 Å². The molecular formula is C21H22N4O. The molecule has 1 aromatic carbocycles. The Kier molecular flexibility index (Phi) is 5.69. The second kappa shape index (κ2) is 8.34. The molecule has 0 atom stereocenters. The third kappa shape index (κ3) is 4.51. The lowest BCUT2D eigenvalue weighted by atomic mass is 10.1. The van der Waals surface area contributed by atoms with Crippen molar-refractivity contribution in [1.29, 1.82) is 0 Å². The van der Waals surface area contributed by atoms with Gasteiger partial charge in [0.1, 0.15) is 5.82 Å². The molecule has 2 heterocycles. The van der Waals surface area contributed by atoms with Gasteiger partial charge in [0.2, 0.25) is 0 Å². The maximum Gasteiger partial charge on any atom is 0.257 e. The van der Waals surface area contributed by atoms with Crippen LogP contribution in [-0.2, 0) is 13.0 Å². The van der Waals surface area contributed by atoms with Crippen molar-refractivity contribution in [2.24, 2.45) is 0 Å². The standard InChI is InChI=1S/C21H22N4O/c1-16-20(14-23-17(2)24-16)21(26)25(15-19-10-6-7-12-22-19)13-11-18-8-4-3-5-9-18/h3-10,12,14H,11,13,15H2,1-2H3. The molecule has 0 aliphatic heterocycles.